The summed E-state index contributed by atoms with van der Waals surface area (Å²) >= 11 is 14.2. The van der Waals surface area contributed by atoms with E-state index in [-0.39, 0.29) is 28.5 Å². The van der Waals surface area contributed by atoms with Gasteiger partial charge in [-0.3, -0.25) is 4.90 Å². The predicted octanol–water partition coefficient (Wildman–Crippen LogP) is 5.27. The Morgan fingerprint density at radius 1 is 1.24 bits per heavy atom. The smallest absolute Gasteiger partial charge is 0.410 e. The normalized spacial score (nSPS) is 21.8. The molecule has 0 aromatic carbocycles. The molecule has 1 amide bonds. The number of halogens is 4. The number of hydrogen-bond acceptors (Lipinski definition) is 5. The number of anilines is 1. The number of hydrogen-bond donors (Lipinski definition) is 0. The fourth-order valence-electron chi connectivity index (χ4n) is 4.08. The Hall–Kier alpha value is -1.13. The van der Waals surface area contributed by atoms with Gasteiger partial charge in [0.15, 0.2) is 11.0 Å². The van der Waals surface area contributed by atoms with Crippen molar-refractivity contribution in [2.75, 3.05) is 18.0 Å². The first-order chi connectivity index (χ1) is 13.6. The van der Waals surface area contributed by atoms with E-state index in [1.165, 1.54) is 6.20 Å². The maximum Gasteiger partial charge on any atom is 0.410 e. The number of ether oxygens (including phenoxy) is 1. The van der Waals surface area contributed by atoms with E-state index in [0.717, 1.165) is 12.8 Å². The van der Waals surface area contributed by atoms with Gasteiger partial charge in [0.1, 0.15) is 16.6 Å². The number of fused-ring (bicyclic) bond motifs is 3. The molecule has 2 atom stereocenters. The molecule has 0 radical (unpaired) electrons. The lowest BCUT2D eigenvalue weighted by Gasteiger charge is -2.42. The molecule has 29 heavy (non-hydrogen) atoms. The van der Waals surface area contributed by atoms with Crippen molar-refractivity contribution in [3.63, 3.8) is 0 Å². The van der Waals surface area contributed by atoms with Crippen molar-refractivity contribution in [1.82, 2.24) is 14.9 Å². The van der Waals surface area contributed by atoms with Crippen molar-refractivity contribution in [2.45, 2.75) is 51.3 Å². The van der Waals surface area contributed by atoms with Gasteiger partial charge in [-0.1, -0.05) is 23.2 Å². The minimum Gasteiger partial charge on any atom is -0.444 e. The lowest BCUT2D eigenvalue weighted by atomic mass is 10.1. The summed E-state index contributed by atoms with van der Waals surface area (Å²) in [7, 11) is 0. The Kier molecular flexibility index (Phi) is 5.48. The molecule has 0 aliphatic carbocycles. The summed E-state index contributed by atoms with van der Waals surface area (Å²) in [5.41, 5.74) is -0.544. The van der Waals surface area contributed by atoms with Crippen molar-refractivity contribution >= 4 is 68.5 Å². The summed E-state index contributed by atoms with van der Waals surface area (Å²) in [6, 6.07) is 0.00669. The van der Waals surface area contributed by atoms with E-state index < -0.39 is 11.4 Å². The third kappa shape index (κ3) is 3.83. The van der Waals surface area contributed by atoms with Gasteiger partial charge in [-0.25, -0.2) is 19.2 Å². The number of piperazine rings is 1. The zero-order valence-electron chi connectivity index (χ0n) is 16.2. The molecule has 0 spiro atoms. The van der Waals surface area contributed by atoms with E-state index in [2.05, 4.69) is 14.9 Å². The highest BCUT2D eigenvalue weighted by molar-refractivity contribution is 14.1. The molecule has 2 aromatic rings. The molecular weight excluding hydrogens is 533 g/mol. The Morgan fingerprint density at radius 2 is 1.86 bits per heavy atom. The van der Waals surface area contributed by atoms with Crippen LogP contribution in [0.2, 0.25) is 10.3 Å². The topological polar surface area (TPSA) is 58.6 Å². The van der Waals surface area contributed by atoms with Crippen LogP contribution in [0, 0.1) is 9.39 Å². The van der Waals surface area contributed by atoms with Gasteiger partial charge >= 0.3 is 6.09 Å². The van der Waals surface area contributed by atoms with Crippen LogP contribution in [0.3, 0.4) is 0 Å². The number of nitrogens with zero attached hydrogens (tertiary/aromatic N) is 4. The van der Waals surface area contributed by atoms with Crippen LogP contribution in [-0.4, -0.2) is 51.7 Å². The second kappa shape index (κ2) is 7.53. The SMILES string of the molecule is CC(C)(C)OC(=O)N1C2CCC1CN(c1nc(Cl)c(I)c3c(F)c(Cl)ncc13)C2. The van der Waals surface area contributed by atoms with Gasteiger partial charge in [-0.05, 0) is 56.2 Å². The minimum atomic E-state index is -0.602. The first kappa shape index (κ1) is 21.1. The van der Waals surface area contributed by atoms with E-state index >= 15 is 0 Å². The van der Waals surface area contributed by atoms with Crippen molar-refractivity contribution in [3.8, 4) is 0 Å². The monoisotopic (exact) mass is 552 g/mol. The van der Waals surface area contributed by atoms with Crippen LogP contribution < -0.4 is 4.90 Å². The molecule has 2 aliphatic rings. The molecule has 2 saturated heterocycles. The largest absolute Gasteiger partial charge is 0.444 e. The second-order valence-electron chi connectivity index (χ2n) is 8.37. The van der Waals surface area contributed by atoms with Gasteiger partial charge in [-0.2, -0.15) is 0 Å². The van der Waals surface area contributed by atoms with E-state index in [9.17, 15) is 9.18 Å². The highest BCUT2D eigenvalue weighted by atomic mass is 127. The van der Waals surface area contributed by atoms with Crippen molar-refractivity contribution in [3.05, 3.63) is 25.9 Å². The molecule has 4 heterocycles. The molecule has 0 N–H and O–H groups in total. The molecule has 2 unspecified atom stereocenters. The van der Waals surface area contributed by atoms with Crippen LogP contribution >= 0.6 is 45.8 Å². The number of amides is 1. The van der Waals surface area contributed by atoms with Crippen LogP contribution in [-0.2, 0) is 4.74 Å². The molecule has 2 fully saturated rings. The Morgan fingerprint density at radius 3 is 2.45 bits per heavy atom. The zero-order chi connectivity index (χ0) is 21.1. The average molecular weight is 553 g/mol. The molecule has 4 rings (SSSR count). The standard InChI is InChI=1S/C19H20Cl2FIN4O2/c1-19(2,3)29-18(28)27-9-4-5-10(27)8-26(7-9)17-11-6-24-15(20)13(22)12(11)14(23)16(21)25-17/h6,9-10H,4-5,7-8H2,1-3H3. The number of carbonyl (C=O) groups excluding carboxylic acids is 1. The number of pyridine rings is 2. The molecule has 2 aliphatic heterocycles. The summed E-state index contributed by atoms with van der Waals surface area (Å²) in [6.45, 7) is 6.72. The van der Waals surface area contributed by atoms with Gasteiger partial charge in [0.2, 0.25) is 0 Å². The van der Waals surface area contributed by atoms with Crippen molar-refractivity contribution in [2.24, 2.45) is 0 Å². The summed E-state index contributed by atoms with van der Waals surface area (Å²) in [5.74, 6) is -0.0382. The highest BCUT2D eigenvalue weighted by Gasteiger charge is 2.45. The summed E-state index contributed by atoms with van der Waals surface area (Å²) < 4.78 is 20.8. The predicted molar refractivity (Wildman–Crippen MR) is 119 cm³/mol. The van der Waals surface area contributed by atoms with E-state index in [0.29, 0.717) is 33.3 Å². The molecule has 2 bridgehead atoms. The number of aromatic nitrogens is 2. The highest BCUT2D eigenvalue weighted by Crippen LogP contribution is 2.39. The number of rotatable bonds is 1. The quantitative estimate of drug-likeness (QED) is 0.356. The first-order valence-electron chi connectivity index (χ1n) is 9.32. The van der Waals surface area contributed by atoms with Gasteiger partial charge in [-0.15, -0.1) is 0 Å². The van der Waals surface area contributed by atoms with Gasteiger partial charge < -0.3 is 9.64 Å². The summed E-state index contributed by atoms with van der Waals surface area (Å²) in [6.07, 6.45) is 3.01. The van der Waals surface area contributed by atoms with Crippen LogP contribution in [0.4, 0.5) is 15.0 Å². The molecule has 0 saturated carbocycles. The lowest BCUT2D eigenvalue weighted by molar-refractivity contribution is 0.0123. The molecular formula is C19H20Cl2FIN4O2. The van der Waals surface area contributed by atoms with Crippen LogP contribution in [0.5, 0.6) is 0 Å². The third-order valence-corrected chi connectivity index (χ3v) is 7.11. The van der Waals surface area contributed by atoms with E-state index in [1.807, 2.05) is 48.3 Å². The fraction of sp³-hybridized carbons (Fsp3) is 0.526. The average Bonchev–Trinajstić information content (AvgIpc) is 2.89. The Bertz CT molecular complexity index is 978. The van der Waals surface area contributed by atoms with E-state index in [4.69, 9.17) is 27.9 Å². The Labute approximate surface area is 191 Å². The van der Waals surface area contributed by atoms with Gasteiger partial charge in [0, 0.05) is 30.1 Å². The van der Waals surface area contributed by atoms with Crippen molar-refractivity contribution < 1.29 is 13.9 Å². The first-order valence-corrected chi connectivity index (χ1v) is 11.1. The maximum absolute atomic E-state index is 14.7. The van der Waals surface area contributed by atoms with Crippen molar-refractivity contribution in [1.29, 1.82) is 0 Å². The third-order valence-electron chi connectivity index (χ3n) is 5.21. The molecule has 10 heteroatoms. The molecule has 6 nitrogen and oxygen atoms in total. The lowest BCUT2D eigenvalue weighted by Crippen LogP contribution is -2.57. The minimum absolute atomic E-state index is 0.00334. The van der Waals surface area contributed by atoms with Gasteiger partial charge in [0.05, 0.1) is 15.7 Å². The zero-order valence-corrected chi connectivity index (χ0v) is 19.8. The molecule has 156 valence electrons. The van der Waals surface area contributed by atoms with Crippen LogP contribution in [0.25, 0.3) is 10.8 Å². The van der Waals surface area contributed by atoms with E-state index in [1.54, 1.807) is 0 Å². The summed E-state index contributed by atoms with van der Waals surface area (Å²) in [5, 5.41) is 0.906. The fourth-order valence-corrected chi connectivity index (χ4v) is 5.05. The molecule has 2 aromatic heterocycles. The summed E-state index contributed by atoms with van der Waals surface area (Å²) in [4.78, 5) is 25.1. The second-order valence-corrected chi connectivity index (χ2v) is 10.2. The Balaban J connectivity index is 1.69. The maximum atomic E-state index is 14.7. The van der Waals surface area contributed by atoms with Gasteiger partial charge in [0.25, 0.3) is 0 Å². The number of carbonyl (C=O) groups is 1. The van der Waals surface area contributed by atoms with Crippen LogP contribution in [0.15, 0.2) is 6.20 Å². The van der Waals surface area contributed by atoms with Crippen LogP contribution in [0.1, 0.15) is 33.6 Å².